The molecule has 4 heteroatoms. The Balaban J connectivity index is 3.01. The van der Waals surface area contributed by atoms with Gasteiger partial charge in [0, 0.05) is 18.0 Å². The molecule has 0 fully saturated rings. The van der Waals surface area contributed by atoms with Gasteiger partial charge < -0.3 is 5.32 Å². The highest BCUT2D eigenvalue weighted by Crippen LogP contribution is 2.22. The molecule has 102 valence electrons. The van der Waals surface area contributed by atoms with Crippen molar-refractivity contribution in [3.63, 3.8) is 0 Å². The maximum absolute atomic E-state index is 11.5. The zero-order valence-electron chi connectivity index (χ0n) is 11.7. The van der Waals surface area contributed by atoms with E-state index in [0.29, 0.717) is 10.9 Å². The molecule has 1 N–H and O–H groups in total. The topological polar surface area (TPSA) is 46.2 Å². The van der Waals surface area contributed by atoms with Crippen molar-refractivity contribution < 1.29 is 8.42 Å². The summed E-state index contributed by atoms with van der Waals surface area (Å²) >= 11 is 0. The number of benzene rings is 1. The summed E-state index contributed by atoms with van der Waals surface area (Å²) in [5.74, 6) is 0. The third kappa shape index (κ3) is 4.02. The quantitative estimate of drug-likeness (QED) is 0.861. The van der Waals surface area contributed by atoms with Crippen molar-refractivity contribution in [1.29, 1.82) is 0 Å². The van der Waals surface area contributed by atoms with Gasteiger partial charge in [-0.2, -0.15) is 0 Å². The van der Waals surface area contributed by atoms with Crippen LogP contribution >= 0.6 is 0 Å². The van der Waals surface area contributed by atoms with Gasteiger partial charge in [0.2, 0.25) is 0 Å². The molecule has 0 bridgehead atoms. The van der Waals surface area contributed by atoms with Crippen LogP contribution in [0.3, 0.4) is 0 Å². The zero-order chi connectivity index (χ0) is 13.8. The second kappa shape index (κ2) is 6.23. The number of nitrogens with one attached hydrogen (secondary N) is 1. The van der Waals surface area contributed by atoms with E-state index in [1.807, 2.05) is 13.0 Å². The van der Waals surface area contributed by atoms with E-state index in [0.717, 1.165) is 30.5 Å². The molecular weight excluding hydrogens is 246 g/mol. The molecule has 0 aliphatic heterocycles. The molecule has 0 heterocycles. The van der Waals surface area contributed by atoms with Gasteiger partial charge in [0.1, 0.15) is 0 Å². The molecule has 0 saturated carbocycles. The third-order valence-corrected chi connectivity index (χ3v) is 4.24. The summed E-state index contributed by atoms with van der Waals surface area (Å²) in [5.41, 5.74) is 2.01. The lowest BCUT2D eigenvalue weighted by atomic mass is 10.1. The van der Waals surface area contributed by atoms with Crippen LogP contribution in [0, 0.1) is 6.92 Å². The molecule has 1 aromatic rings. The smallest absolute Gasteiger partial charge is 0.175 e. The van der Waals surface area contributed by atoms with E-state index >= 15 is 0 Å². The number of rotatable bonds is 6. The average molecular weight is 269 g/mol. The second-order valence-corrected chi connectivity index (χ2v) is 6.80. The highest BCUT2D eigenvalue weighted by Gasteiger charge is 2.11. The fourth-order valence-electron chi connectivity index (χ4n) is 1.93. The maximum Gasteiger partial charge on any atom is 0.175 e. The van der Waals surface area contributed by atoms with Crippen LogP contribution in [0.25, 0.3) is 0 Å². The highest BCUT2D eigenvalue weighted by atomic mass is 32.2. The van der Waals surface area contributed by atoms with Crippen molar-refractivity contribution in [3.8, 4) is 0 Å². The van der Waals surface area contributed by atoms with Crippen molar-refractivity contribution in [1.82, 2.24) is 0 Å². The summed E-state index contributed by atoms with van der Waals surface area (Å²) in [6.07, 6.45) is 4.50. The van der Waals surface area contributed by atoms with Gasteiger partial charge in [-0.1, -0.05) is 26.3 Å². The van der Waals surface area contributed by atoms with Crippen LogP contribution in [-0.2, 0) is 9.84 Å². The molecule has 1 rings (SSSR count). The van der Waals surface area contributed by atoms with Crippen LogP contribution in [0.4, 0.5) is 5.69 Å². The van der Waals surface area contributed by atoms with Crippen molar-refractivity contribution in [2.24, 2.45) is 0 Å². The van der Waals surface area contributed by atoms with Gasteiger partial charge in [-0.3, -0.25) is 0 Å². The van der Waals surface area contributed by atoms with E-state index in [9.17, 15) is 8.42 Å². The summed E-state index contributed by atoms with van der Waals surface area (Å²) in [6, 6.07) is 5.67. The fourth-order valence-corrected chi connectivity index (χ4v) is 2.58. The molecule has 1 unspecified atom stereocenters. The molecule has 0 radical (unpaired) electrons. The Morgan fingerprint density at radius 3 is 2.44 bits per heavy atom. The van der Waals surface area contributed by atoms with Crippen molar-refractivity contribution in [2.75, 3.05) is 11.6 Å². The van der Waals surface area contributed by atoms with Crippen LogP contribution in [0.1, 0.15) is 38.7 Å². The van der Waals surface area contributed by atoms with Gasteiger partial charge in [0.25, 0.3) is 0 Å². The molecule has 1 atom stereocenters. The summed E-state index contributed by atoms with van der Waals surface area (Å²) in [6.45, 7) is 6.29. The number of hydrogen-bond donors (Lipinski definition) is 1. The Morgan fingerprint density at radius 2 is 1.94 bits per heavy atom. The number of sulfone groups is 1. The third-order valence-electron chi connectivity index (χ3n) is 3.13. The monoisotopic (exact) mass is 269 g/mol. The van der Waals surface area contributed by atoms with E-state index in [-0.39, 0.29) is 0 Å². The minimum absolute atomic E-state index is 0.377. The Kier molecular flexibility index (Phi) is 5.20. The van der Waals surface area contributed by atoms with Crippen molar-refractivity contribution in [2.45, 2.75) is 51.0 Å². The predicted molar refractivity (Wildman–Crippen MR) is 76.9 cm³/mol. The molecule has 1 aromatic carbocycles. The van der Waals surface area contributed by atoms with E-state index in [2.05, 4.69) is 19.2 Å². The summed E-state index contributed by atoms with van der Waals surface area (Å²) < 4.78 is 23.1. The second-order valence-electron chi connectivity index (χ2n) is 4.79. The van der Waals surface area contributed by atoms with Gasteiger partial charge in [-0.05, 0) is 37.5 Å². The van der Waals surface area contributed by atoms with E-state index in [1.165, 1.54) is 6.26 Å². The number of aryl methyl sites for hydroxylation is 1. The minimum atomic E-state index is -3.14. The van der Waals surface area contributed by atoms with Crippen LogP contribution in [0.15, 0.2) is 23.1 Å². The standard InChI is InChI=1S/C14H23NO2S/c1-5-7-12(6-2)15-14-10-13(18(4,16)17)9-8-11(14)3/h8-10,12,15H,5-7H2,1-4H3. The zero-order valence-corrected chi connectivity index (χ0v) is 12.5. The SMILES string of the molecule is CCCC(CC)Nc1cc(S(C)(=O)=O)ccc1C. The first kappa shape index (κ1) is 15.0. The van der Waals surface area contributed by atoms with Gasteiger partial charge in [0.05, 0.1) is 4.90 Å². The Labute approximate surface area is 111 Å². The van der Waals surface area contributed by atoms with Crippen LogP contribution < -0.4 is 5.32 Å². The summed E-state index contributed by atoms with van der Waals surface area (Å²) in [7, 11) is -3.14. The van der Waals surface area contributed by atoms with E-state index in [1.54, 1.807) is 12.1 Å². The molecule has 0 spiro atoms. The fraction of sp³-hybridized carbons (Fsp3) is 0.571. The first-order chi connectivity index (χ1) is 8.38. The van der Waals surface area contributed by atoms with E-state index < -0.39 is 9.84 Å². The van der Waals surface area contributed by atoms with Gasteiger partial charge >= 0.3 is 0 Å². The maximum atomic E-state index is 11.5. The van der Waals surface area contributed by atoms with Crippen LogP contribution in [0.5, 0.6) is 0 Å². The Bertz CT molecular complexity index is 495. The molecule has 0 saturated heterocycles. The lowest BCUT2D eigenvalue weighted by Crippen LogP contribution is -2.18. The molecule has 3 nitrogen and oxygen atoms in total. The summed E-state index contributed by atoms with van der Waals surface area (Å²) in [4.78, 5) is 0.377. The summed E-state index contributed by atoms with van der Waals surface area (Å²) in [5, 5.41) is 3.45. The Morgan fingerprint density at radius 1 is 1.28 bits per heavy atom. The molecule has 0 aromatic heterocycles. The largest absolute Gasteiger partial charge is 0.382 e. The lowest BCUT2D eigenvalue weighted by molar-refractivity contribution is 0.601. The Hall–Kier alpha value is -1.03. The van der Waals surface area contributed by atoms with Gasteiger partial charge in [0.15, 0.2) is 9.84 Å². The van der Waals surface area contributed by atoms with Crippen molar-refractivity contribution in [3.05, 3.63) is 23.8 Å². The minimum Gasteiger partial charge on any atom is -0.382 e. The van der Waals surface area contributed by atoms with Gasteiger partial charge in [-0.15, -0.1) is 0 Å². The average Bonchev–Trinajstić information content (AvgIpc) is 2.29. The van der Waals surface area contributed by atoms with E-state index in [4.69, 9.17) is 0 Å². The van der Waals surface area contributed by atoms with Gasteiger partial charge in [-0.25, -0.2) is 8.42 Å². The first-order valence-electron chi connectivity index (χ1n) is 6.45. The molecule has 0 aliphatic carbocycles. The van der Waals surface area contributed by atoms with Crippen molar-refractivity contribution >= 4 is 15.5 Å². The first-order valence-corrected chi connectivity index (χ1v) is 8.34. The molecule has 18 heavy (non-hydrogen) atoms. The highest BCUT2D eigenvalue weighted by molar-refractivity contribution is 7.90. The predicted octanol–water partition coefficient (Wildman–Crippen LogP) is 3.39. The normalized spacial score (nSPS) is 13.3. The van der Waals surface area contributed by atoms with Crippen LogP contribution in [0.2, 0.25) is 0 Å². The number of hydrogen-bond acceptors (Lipinski definition) is 3. The molecule has 0 amide bonds. The molecular formula is C14H23NO2S. The van der Waals surface area contributed by atoms with Crippen LogP contribution in [-0.4, -0.2) is 20.7 Å². The molecule has 0 aliphatic rings. The number of anilines is 1. The lowest BCUT2D eigenvalue weighted by Gasteiger charge is -2.19.